The maximum atomic E-state index is 10.3. The summed E-state index contributed by atoms with van der Waals surface area (Å²) in [6.07, 6.45) is 1.03. The van der Waals surface area contributed by atoms with Crippen molar-refractivity contribution in [2.24, 2.45) is 0 Å². The van der Waals surface area contributed by atoms with Gasteiger partial charge in [-0.05, 0) is 25.8 Å². The molecule has 0 aliphatic rings. The Morgan fingerprint density at radius 1 is 1.19 bits per heavy atom. The van der Waals surface area contributed by atoms with Crippen LogP contribution in [0.2, 0.25) is 0 Å². The highest BCUT2D eigenvalue weighted by molar-refractivity contribution is 5.37. The zero-order valence-corrected chi connectivity index (χ0v) is 12.9. The van der Waals surface area contributed by atoms with Gasteiger partial charge in [0.25, 0.3) is 0 Å². The molecule has 2 aromatic rings. The summed E-state index contributed by atoms with van der Waals surface area (Å²) in [7, 11) is 0. The molecule has 4 nitrogen and oxygen atoms in total. The highest BCUT2D eigenvalue weighted by atomic mass is 16.3. The lowest BCUT2D eigenvalue weighted by Gasteiger charge is -2.21. The Hall–Kier alpha value is -1.94. The Kier molecular flexibility index (Phi) is 5.28. The predicted octanol–water partition coefficient (Wildman–Crippen LogP) is 2.75. The van der Waals surface area contributed by atoms with E-state index in [4.69, 9.17) is 0 Å². The van der Waals surface area contributed by atoms with Gasteiger partial charge in [-0.25, -0.2) is 9.97 Å². The number of anilines is 1. The van der Waals surface area contributed by atoms with Gasteiger partial charge in [-0.2, -0.15) is 0 Å². The molecular formula is C17H23N3O. The first-order valence-electron chi connectivity index (χ1n) is 7.41. The molecule has 2 N–H and O–H groups in total. The van der Waals surface area contributed by atoms with E-state index < -0.39 is 6.10 Å². The number of benzene rings is 1. The largest absolute Gasteiger partial charge is 0.391 e. The minimum Gasteiger partial charge on any atom is -0.391 e. The molecule has 2 rings (SSSR count). The van der Waals surface area contributed by atoms with Crippen molar-refractivity contribution in [2.45, 2.75) is 45.8 Å². The number of nitrogens with zero attached hydrogens (tertiary/aromatic N) is 2. The molecular weight excluding hydrogens is 262 g/mol. The smallest absolute Gasteiger partial charge is 0.130 e. The van der Waals surface area contributed by atoms with Gasteiger partial charge in [0, 0.05) is 18.2 Å². The molecule has 4 heteroatoms. The van der Waals surface area contributed by atoms with Crippen molar-refractivity contribution in [1.29, 1.82) is 0 Å². The lowest BCUT2D eigenvalue weighted by Crippen LogP contribution is -2.32. The van der Waals surface area contributed by atoms with E-state index >= 15 is 0 Å². The summed E-state index contributed by atoms with van der Waals surface area (Å²) in [5.74, 6) is 1.53. The van der Waals surface area contributed by atoms with Crippen LogP contribution in [0, 0.1) is 6.92 Å². The Morgan fingerprint density at radius 3 is 2.57 bits per heavy atom. The predicted molar refractivity (Wildman–Crippen MR) is 85.4 cm³/mol. The third-order valence-electron chi connectivity index (χ3n) is 3.49. The summed E-state index contributed by atoms with van der Waals surface area (Å²) >= 11 is 0. The van der Waals surface area contributed by atoms with E-state index in [2.05, 4.69) is 22.2 Å². The van der Waals surface area contributed by atoms with Crippen LogP contribution in [-0.2, 0) is 12.8 Å². The number of nitrogens with one attached hydrogen (secondary N) is 1. The SMILES string of the molecule is CCc1cc(NC(C)C(O)Cc2ccccc2)nc(C)n1. The van der Waals surface area contributed by atoms with Gasteiger partial charge in [0.2, 0.25) is 0 Å². The second-order valence-electron chi connectivity index (χ2n) is 5.34. The van der Waals surface area contributed by atoms with E-state index in [1.54, 1.807) is 0 Å². The second-order valence-corrected chi connectivity index (χ2v) is 5.34. The van der Waals surface area contributed by atoms with Gasteiger partial charge in [0.1, 0.15) is 11.6 Å². The van der Waals surface area contributed by atoms with Crippen molar-refractivity contribution in [3.05, 3.63) is 53.5 Å². The molecule has 0 saturated heterocycles. The number of hydrogen-bond donors (Lipinski definition) is 2. The van der Waals surface area contributed by atoms with Crippen LogP contribution in [0.25, 0.3) is 0 Å². The van der Waals surface area contributed by atoms with E-state index in [1.807, 2.05) is 50.2 Å². The Balaban J connectivity index is 2.00. The van der Waals surface area contributed by atoms with E-state index in [9.17, 15) is 5.11 Å². The van der Waals surface area contributed by atoms with Crippen molar-refractivity contribution in [3.63, 3.8) is 0 Å². The van der Waals surface area contributed by atoms with E-state index in [1.165, 1.54) is 0 Å². The third kappa shape index (κ3) is 4.53. The van der Waals surface area contributed by atoms with Crippen molar-refractivity contribution < 1.29 is 5.11 Å². The van der Waals surface area contributed by atoms with Gasteiger partial charge in [0.15, 0.2) is 0 Å². The van der Waals surface area contributed by atoms with Crippen LogP contribution < -0.4 is 5.32 Å². The number of aliphatic hydroxyl groups excluding tert-OH is 1. The van der Waals surface area contributed by atoms with Crippen LogP contribution >= 0.6 is 0 Å². The third-order valence-corrected chi connectivity index (χ3v) is 3.49. The molecule has 0 aliphatic heterocycles. The Labute approximate surface area is 126 Å². The van der Waals surface area contributed by atoms with Crippen LogP contribution in [0.5, 0.6) is 0 Å². The van der Waals surface area contributed by atoms with E-state index in [-0.39, 0.29) is 6.04 Å². The van der Waals surface area contributed by atoms with Crippen LogP contribution in [0.15, 0.2) is 36.4 Å². The first-order chi connectivity index (χ1) is 10.1. The monoisotopic (exact) mass is 285 g/mol. The number of rotatable bonds is 6. The molecule has 0 fully saturated rings. The molecule has 112 valence electrons. The molecule has 0 radical (unpaired) electrons. The van der Waals surface area contributed by atoms with Crippen molar-refractivity contribution in [1.82, 2.24) is 9.97 Å². The summed E-state index contributed by atoms with van der Waals surface area (Å²) in [5, 5.41) is 13.6. The molecule has 1 heterocycles. The highest BCUT2D eigenvalue weighted by Gasteiger charge is 2.15. The molecule has 2 unspecified atom stereocenters. The van der Waals surface area contributed by atoms with Gasteiger partial charge in [-0.1, -0.05) is 37.3 Å². The Morgan fingerprint density at radius 2 is 1.90 bits per heavy atom. The molecule has 0 bridgehead atoms. The standard InChI is InChI=1S/C17H23N3O/c1-4-15-11-17(20-13(3)19-15)18-12(2)16(21)10-14-8-6-5-7-9-14/h5-9,11-12,16,21H,4,10H2,1-3H3,(H,18,19,20). The van der Waals surface area contributed by atoms with Crippen molar-refractivity contribution >= 4 is 5.82 Å². The minimum absolute atomic E-state index is 0.0794. The number of aromatic nitrogens is 2. The summed E-state index contributed by atoms with van der Waals surface area (Å²) in [6.45, 7) is 5.92. The average molecular weight is 285 g/mol. The summed E-state index contributed by atoms with van der Waals surface area (Å²) in [6, 6.07) is 11.9. The van der Waals surface area contributed by atoms with Crippen molar-refractivity contribution in [3.8, 4) is 0 Å². The fraction of sp³-hybridized carbons (Fsp3) is 0.412. The van der Waals surface area contributed by atoms with E-state index in [0.29, 0.717) is 6.42 Å². The van der Waals surface area contributed by atoms with Crippen molar-refractivity contribution in [2.75, 3.05) is 5.32 Å². The minimum atomic E-state index is -0.465. The number of aryl methyl sites for hydroxylation is 2. The van der Waals surface area contributed by atoms with Crippen LogP contribution in [0.4, 0.5) is 5.82 Å². The normalized spacial score (nSPS) is 13.7. The molecule has 1 aromatic heterocycles. The average Bonchev–Trinajstić information content (AvgIpc) is 2.47. The molecule has 2 atom stereocenters. The van der Waals surface area contributed by atoms with Gasteiger partial charge >= 0.3 is 0 Å². The topological polar surface area (TPSA) is 58.0 Å². The van der Waals surface area contributed by atoms with Gasteiger partial charge < -0.3 is 10.4 Å². The van der Waals surface area contributed by atoms with Crippen LogP contribution in [-0.4, -0.2) is 27.2 Å². The fourth-order valence-electron chi connectivity index (χ4n) is 2.25. The zero-order chi connectivity index (χ0) is 15.2. The summed E-state index contributed by atoms with van der Waals surface area (Å²) in [5.41, 5.74) is 2.14. The highest BCUT2D eigenvalue weighted by Crippen LogP contribution is 2.12. The molecule has 21 heavy (non-hydrogen) atoms. The number of aliphatic hydroxyl groups is 1. The van der Waals surface area contributed by atoms with Gasteiger partial charge in [0.05, 0.1) is 12.1 Å². The first-order valence-corrected chi connectivity index (χ1v) is 7.41. The van der Waals surface area contributed by atoms with Gasteiger partial charge in [-0.15, -0.1) is 0 Å². The Bertz CT molecular complexity index is 572. The number of hydrogen-bond acceptors (Lipinski definition) is 4. The van der Waals surface area contributed by atoms with E-state index in [0.717, 1.165) is 29.3 Å². The zero-order valence-electron chi connectivity index (χ0n) is 12.9. The second kappa shape index (κ2) is 7.18. The van der Waals surface area contributed by atoms with Crippen LogP contribution in [0.3, 0.4) is 0 Å². The maximum absolute atomic E-state index is 10.3. The quantitative estimate of drug-likeness (QED) is 0.857. The summed E-state index contributed by atoms with van der Waals surface area (Å²) < 4.78 is 0. The van der Waals surface area contributed by atoms with Crippen LogP contribution in [0.1, 0.15) is 30.9 Å². The molecule has 0 amide bonds. The molecule has 1 aromatic carbocycles. The lowest BCUT2D eigenvalue weighted by molar-refractivity contribution is 0.158. The first kappa shape index (κ1) is 15.4. The summed E-state index contributed by atoms with van der Waals surface area (Å²) in [4.78, 5) is 8.74. The molecule has 0 spiro atoms. The maximum Gasteiger partial charge on any atom is 0.130 e. The molecule has 0 aliphatic carbocycles. The lowest BCUT2D eigenvalue weighted by atomic mass is 10.0. The van der Waals surface area contributed by atoms with Gasteiger partial charge in [-0.3, -0.25) is 0 Å². The molecule has 0 saturated carbocycles. The fourth-order valence-corrected chi connectivity index (χ4v) is 2.25.